The van der Waals surface area contributed by atoms with Crippen molar-refractivity contribution in [2.75, 3.05) is 13.2 Å². The summed E-state index contributed by atoms with van der Waals surface area (Å²) in [5.74, 6) is -0.622. The Morgan fingerprint density at radius 3 is 2.68 bits per heavy atom. The van der Waals surface area contributed by atoms with E-state index in [1.54, 1.807) is 24.3 Å². The minimum atomic E-state index is -0.719. The number of carbonyl (C=O) groups is 1. The summed E-state index contributed by atoms with van der Waals surface area (Å²) < 4.78 is 7.67. The summed E-state index contributed by atoms with van der Waals surface area (Å²) in [7, 11) is 0. The smallest absolute Gasteiger partial charge is 0.352 e. The number of para-hydroxylation sites is 1. The molecular formula is C23H24N4O4. The number of hydrogen-bond donors (Lipinski definition) is 1. The van der Waals surface area contributed by atoms with Crippen LogP contribution in [0, 0.1) is 6.92 Å². The van der Waals surface area contributed by atoms with Crippen molar-refractivity contribution in [2.45, 2.75) is 32.4 Å². The SMILES string of the molecule is Cc1cccc(Cn2c(=O)c(C(=O)NCC3CCCO3)nn(-c3ccccc3)c2=O)c1. The van der Waals surface area contributed by atoms with Crippen LogP contribution in [0.25, 0.3) is 5.69 Å². The zero-order chi connectivity index (χ0) is 21.8. The number of nitrogens with one attached hydrogen (secondary N) is 1. The predicted molar refractivity (Wildman–Crippen MR) is 116 cm³/mol. The molecule has 8 nitrogen and oxygen atoms in total. The largest absolute Gasteiger partial charge is 0.376 e. The van der Waals surface area contributed by atoms with Crippen LogP contribution in [0.1, 0.15) is 34.5 Å². The fourth-order valence-corrected chi connectivity index (χ4v) is 3.62. The molecule has 1 atom stereocenters. The van der Waals surface area contributed by atoms with Crippen LogP contribution in [0.5, 0.6) is 0 Å². The lowest BCUT2D eigenvalue weighted by Crippen LogP contribution is -2.46. The maximum Gasteiger partial charge on any atom is 0.352 e. The standard InChI is InChI=1S/C23H24N4O4/c1-16-7-5-8-17(13-16)15-26-22(29)20(21(28)24-14-19-11-6-12-31-19)25-27(23(26)30)18-9-3-2-4-10-18/h2-5,7-10,13,19H,6,11-12,14-15H2,1H3,(H,24,28). The highest BCUT2D eigenvalue weighted by Crippen LogP contribution is 2.11. The van der Waals surface area contributed by atoms with Gasteiger partial charge in [-0.15, -0.1) is 0 Å². The molecule has 4 rings (SSSR count). The highest BCUT2D eigenvalue weighted by molar-refractivity contribution is 5.91. The number of aryl methyl sites for hydroxylation is 1. The van der Waals surface area contributed by atoms with Gasteiger partial charge in [0.25, 0.3) is 11.5 Å². The van der Waals surface area contributed by atoms with Gasteiger partial charge in [-0.25, -0.2) is 4.79 Å². The van der Waals surface area contributed by atoms with E-state index in [2.05, 4.69) is 10.4 Å². The lowest BCUT2D eigenvalue weighted by atomic mass is 10.1. The highest BCUT2D eigenvalue weighted by Gasteiger charge is 2.22. The van der Waals surface area contributed by atoms with Gasteiger partial charge in [-0.1, -0.05) is 48.0 Å². The Morgan fingerprint density at radius 1 is 1.16 bits per heavy atom. The number of ether oxygens (including phenoxy) is 1. The van der Waals surface area contributed by atoms with Crippen molar-refractivity contribution in [1.29, 1.82) is 0 Å². The van der Waals surface area contributed by atoms with Gasteiger partial charge < -0.3 is 10.1 Å². The Morgan fingerprint density at radius 2 is 1.97 bits per heavy atom. The zero-order valence-electron chi connectivity index (χ0n) is 17.3. The van der Waals surface area contributed by atoms with Gasteiger partial charge in [-0.2, -0.15) is 9.78 Å². The molecule has 1 amide bonds. The topological polar surface area (TPSA) is 95.2 Å². The number of carbonyl (C=O) groups excluding carboxylic acids is 1. The lowest BCUT2D eigenvalue weighted by Gasteiger charge is -2.14. The molecule has 1 saturated heterocycles. The maximum absolute atomic E-state index is 13.1. The molecule has 1 aliphatic rings. The number of nitrogens with zero attached hydrogens (tertiary/aromatic N) is 3. The molecule has 0 saturated carbocycles. The summed E-state index contributed by atoms with van der Waals surface area (Å²) in [6.07, 6.45) is 1.73. The Balaban J connectivity index is 1.75. The Kier molecular flexibility index (Phi) is 6.08. The summed E-state index contributed by atoms with van der Waals surface area (Å²) in [4.78, 5) is 39.0. The van der Waals surface area contributed by atoms with Crippen molar-refractivity contribution in [2.24, 2.45) is 0 Å². The number of rotatable bonds is 6. The minimum absolute atomic E-state index is 0.0424. The highest BCUT2D eigenvalue weighted by atomic mass is 16.5. The summed E-state index contributed by atoms with van der Waals surface area (Å²) in [5.41, 5.74) is 0.623. The second-order valence-electron chi connectivity index (χ2n) is 7.60. The fourth-order valence-electron chi connectivity index (χ4n) is 3.62. The molecule has 0 spiro atoms. The number of benzene rings is 2. The first-order chi connectivity index (χ1) is 15.0. The van der Waals surface area contributed by atoms with Crippen molar-refractivity contribution < 1.29 is 9.53 Å². The first-order valence-electron chi connectivity index (χ1n) is 10.3. The van der Waals surface area contributed by atoms with Crippen molar-refractivity contribution in [1.82, 2.24) is 19.7 Å². The quantitative estimate of drug-likeness (QED) is 0.654. The van der Waals surface area contributed by atoms with Crippen LogP contribution in [0.3, 0.4) is 0 Å². The fraction of sp³-hybridized carbons (Fsp3) is 0.304. The average Bonchev–Trinajstić information content (AvgIpc) is 3.29. The van der Waals surface area contributed by atoms with Crippen LogP contribution in [0.15, 0.2) is 64.2 Å². The third kappa shape index (κ3) is 4.64. The summed E-state index contributed by atoms with van der Waals surface area (Å²) in [6, 6.07) is 16.3. The van der Waals surface area contributed by atoms with Crippen LogP contribution < -0.4 is 16.6 Å². The van der Waals surface area contributed by atoms with E-state index in [1.807, 2.05) is 37.3 Å². The number of aromatic nitrogens is 3. The molecule has 2 heterocycles. The molecule has 1 N–H and O–H groups in total. The van der Waals surface area contributed by atoms with Gasteiger partial charge in [0.2, 0.25) is 5.69 Å². The lowest BCUT2D eigenvalue weighted by molar-refractivity contribution is 0.0849. The van der Waals surface area contributed by atoms with Crippen LogP contribution in [-0.2, 0) is 11.3 Å². The van der Waals surface area contributed by atoms with E-state index in [1.165, 1.54) is 0 Å². The predicted octanol–water partition coefficient (Wildman–Crippen LogP) is 1.66. The second-order valence-corrected chi connectivity index (χ2v) is 7.60. The van der Waals surface area contributed by atoms with Crippen molar-refractivity contribution in [3.05, 3.63) is 92.3 Å². The van der Waals surface area contributed by atoms with E-state index in [0.29, 0.717) is 18.8 Å². The molecule has 8 heteroatoms. The molecule has 0 aliphatic carbocycles. The van der Waals surface area contributed by atoms with E-state index in [0.717, 1.165) is 33.2 Å². The van der Waals surface area contributed by atoms with E-state index in [4.69, 9.17) is 4.74 Å². The number of amides is 1. The van der Waals surface area contributed by atoms with Gasteiger partial charge in [0, 0.05) is 13.2 Å². The zero-order valence-corrected chi connectivity index (χ0v) is 17.3. The Hall–Kier alpha value is -3.52. The normalized spacial score (nSPS) is 15.7. The molecule has 160 valence electrons. The van der Waals surface area contributed by atoms with E-state index in [9.17, 15) is 14.4 Å². The van der Waals surface area contributed by atoms with Gasteiger partial charge >= 0.3 is 5.69 Å². The monoisotopic (exact) mass is 420 g/mol. The molecule has 0 bridgehead atoms. The summed E-state index contributed by atoms with van der Waals surface area (Å²) >= 11 is 0. The maximum atomic E-state index is 13.1. The Labute approximate surface area is 179 Å². The molecular weight excluding hydrogens is 396 g/mol. The van der Waals surface area contributed by atoms with E-state index >= 15 is 0 Å². The van der Waals surface area contributed by atoms with Crippen molar-refractivity contribution in [3.8, 4) is 5.69 Å². The van der Waals surface area contributed by atoms with Crippen LogP contribution in [0.4, 0.5) is 0 Å². The van der Waals surface area contributed by atoms with Crippen LogP contribution in [0.2, 0.25) is 0 Å². The molecule has 1 aliphatic heterocycles. The van der Waals surface area contributed by atoms with Gasteiger partial charge in [0.15, 0.2) is 0 Å². The molecule has 2 aromatic carbocycles. The minimum Gasteiger partial charge on any atom is -0.376 e. The Bertz CT molecular complexity index is 1190. The molecule has 31 heavy (non-hydrogen) atoms. The van der Waals surface area contributed by atoms with Gasteiger partial charge in [-0.05, 0) is 37.5 Å². The summed E-state index contributed by atoms with van der Waals surface area (Å²) in [5, 5.41) is 6.85. The van der Waals surface area contributed by atoms with Crippen LogP contribution in [-0.4, -0.2) is 39.5 Å². The molecule has 1 fully saturated rings. The molecule has 0 radical (unpaired) electrons. The molecule has 1 unspecified atom stereocenters. The van der Waals surface area contributed by atoms with Gasteiger partial charge in [0.05, 0.1) is 18.3 Å². The third-order valence-corrected chi connectivity index (χ3v) is 5.21. The van der Waals surface area contributed by atoms with Crippen molar-refractivity contribution >= 4 is 5.91 Å². The third-order valence-electron chi connectivity index (χ3n) is 5.21. The average molecular weight is 420 g/mol. The second kappa shape index (κ2) is 9.09. The number of hydrogen-bond acceptors (Lipinski definition) is 5. The van der Waals surface area contributed by atoms with Crippen molar-refractivity contribution in [3.63, 3.8) is 0 Å². The van der Waals surface area contributed by atoms with Crippen LogP contribution >= 0.6 is 0 Å². The first kappa shape index (κ1) is 20.7. The van der Waals surface area contributed by atoms with Gasteiger partial charge in [0.1, 0.15) is 0 Å². The molecule has 3 aromatic rings. The molecule has 1 aromatic heterocycles. The first-order valence-corrected chi connectivity index (χ1v) is 10.3. The van der Waals surface area contributed by atoms with E-state index < -0.39 is 17.2 Å². The van der Waals surface area contributed by atoms with Gasteiger partial charge in [-0.3, -0.25) is 14.2 Å². The summed E-state index contributed by atoms with van der Waals surface area (Å²) in [6.45, 7) is 2.94. The van der Waals surface area contributed by atoms with E-state index in [-0.39, 0.29) is 18.3 Å².